The first-order valence-electron chi connectivity index (χ1n) is 9.57. The zero-order valence-electron chi connectivity index (χ0n) is 17.0. The molecule has 154 valence electrons. The molecule has 2 rings (SSSR count). The van der Waals surface area contributed by atoms with Crippen molar-refractivity contribution < 1.29 is 9.84 Å². The van der Waals surface area contributed by atoms with Crippen molar-refractivity contribution in [3.05, 3.63) is 21.3 Å². The Morgan fingerprint density at radius 1 is 1.37 bits per heavy atom. The van der Waals surface area contributed by atoms with Gasteiger partial charge in [0.25, 0.3) is 0 Å². The second-order valence-corrected chi connectivity index (χ2v) is 9.46. The number of aliphatic hydroxyl groups is 1. The highest BCUT2D eigenvalue weighted by Crippen LogP contribution is 2.26. The summed E-state index contributed by atoms with van der Waals surface area (Å²) in [7, 11) is 0. The Labute approximate surface area is 172 Å². The zero-order chi connectivity index (χ0) is 20.0. The highest BCUT2D eigenvalue weighted by atomic mass is 35.5. The lowest BCUT2D eigenvalue weighted by molar-refractivity contribution is -0.0939. The first-order chi connectivity index (χ1) is 12.7. The number of morpholine rings is 1. The molecule has 6 nitrogen and oxygen atoms in total. The molecular weight excluding hydrogens is 384 g/mol. The molecule has 0 aliphatic carbocycles. The molecule has 0 spiro atoms. The highest BCUT2D eigenvalue weighted by Gasteiger charge is 2.33. The zero-order valence-corrected chi connectivity index (χ0v) is 18.5. The largest absolute Gasteiger partial charge is 0.386 e. The number of aliphatic hydroxyl groups excluding tert-OH is 1. The number of rotatable bonds is 7. The SMILES string of the molecule is CCNC(=NCC(C)(C)N1CC(C)OC(C)C1)NCC(O)c1ccc(Cl)s1. The van der Waals surface area contributed by atoms with Crippen LogP contribution in [0.1, 0.15) is 45.6 Å². The molecule has 8 heteroatoms. The van der Waals surface area contributed by atoms with Gasteiger partial charge in [-0.3, -0.25) is 9.89 Å². The average molecular weight is 417 g/mol. The fourth-order valence-corrected chi connectivity index (χ4v) is 4.23. The maximum Gasteiger partial charge on any atom is 0.191 e. The topological polar surface area (TPSA) is 69.1 Å². The second kappa shape index (κ2) is 10.1. The third-order valence-corrected chi connectivity index (χ3v) is 5.96. The van der Waals surface area contributed by atoms with Gasteiger partial charge in [0.1, 0.15) is 6.10 Å². The van der Waals surface area contributed by atoms with Crippen molar-refractivity contribution in [3.63, 3.8) is 0 Å². The summed E-state index contributed by atoms with van der Waals surface area (Å²) in [5, 5.41) is 16.8. The predicted octanol–water partition coefficient (Wildman–Crippen LogP) is 2.88. The standard InChI is InChI=1S/C19H33ClN4O2S/c1-6-21-18(22-9-15(25)16-7-8-17(20)27-16)23-12-19(4,5)24-10-13(2)26-14(3)11-24/h7-8,13-15,25H,6,9-12H2,1-5H3,(H2,21,22,23). The Kier molecular flexibility index (Phi) is 8.37. The van der Waals surface area contributed by atoms with E-state index in [4.69, 9.17) is 21.3 Å². The summed E-state index contributed by atoms with van der Waals surface area (Å²) in [5.74, 6) is 0.710. The van der Waals surface area contributed by atoms with E-state index in [1.165, 1.54) is 11.3 Å². The van der Waals surface area contributed by atoms with Crippen molar-refractivity contribution in [1.82, 2.24) is 15.5 Å². The molecule has 0 aromatic carbocycles. The van der Waals surface area contributed by atoms with Crippen molar-refractivity contribution in [1.29, 1.82) is 0 Å². The fraction of sp³-hybridized carbons (Fsp3) is 0.737. The molecule has 0 radical (unpaired) electrons. The van der Waals surface area contributed by atoms with Gasteiger partial charge in [-0.25, -0.2) is 0 Å². The molecule has 1 fully saturated rings. The van der Waals surface area contributed by atoms with Crippen LogP contribution >= 0.6 is 22.9 Å². The fourth-order valence-electron chi connectivity index (χ4n) is 3.19. The summed E-state index contributed by atoms with van der Waals surface area (Å²) < 4.78 is 6.53. The number of halogens is 1. The van der Waals surface area contributed by atoms with Gasteiger partial charge in [0.15, 0.2) is 5.96 Å². The van der Waals surface area contributed by atoms with E-state index in [0.717, 1.165) is 24.5 Å². The number of aliphatic imine (C=N–C) groups is 1. The van der Waals surface area contributed by atoms with E-state index in [1.54, 1.807) is 6.07 Å². The lowest BCUT2D eigenvalue weighted by atomic mass is 10.0. The molecule has 1 aliphatic rings. The minimum Gasteiger partial charge on any atom is -0.386 e. The molecule has 0 saturated carbocycles. The number of nitrogens with zero attached hydrogens (tertiary/aromatic N) is 2. The Morgan fingerprint density at radius 2 is 2.04 bits per heavy atom. The Bertz CT molecular complexity index is 613. The first kappa shape index (κ1) is 22.4. The summed E-state index contributed by atoms with van der Waals surface area (Å²) in [5.41, 5.74) is -0.0749. The van der Waals surface area contributed by atoms with Crippen molar-refractivity contribution in [2.24, 2.45) is 4.99 Å². The lowest BCUT2D eigenvalue weighted by Crippen LogP contribution is -2.56. The molecule has 1 aliphatic heterocycles. The smallest absolute Gasteiger partial charge is 0.191 e. The number of hydrogen-bond acceptors (Lipinski definition) is 5. The number of hydrogen-bond donors (Lipinski definition) is 3. The van der Waals surface area contributed by atoms with Crippen LogP contribution in [0.25, 0.3) is 0 Å². The molecule has 3 atom stereocenters. The van der Waals surface area contributed by atoms with Gasteiger partial charge < -0.3 is 20.5 Å². The van der Waals surface area contributed by atoms with E-state index >= 15 is 0 Å². The number of thiophene rings is 1. The highest BCUT2D eigenvalue weighted by molar-refractivity contribution is 7.16. The summed E-state index contributed by atoms with van der Waals surface area (Å²) in [4.78, 5) is 8.05. The molecule has 1 aromatic rings. The molecule has 1 saturated heterocycles. The van der Waals surface area contributed by atoms with Crippen LogP contribution in [0.15, 0.2) is 17.1 Å². The van der Waals surface area contributed by atoms with Gasteiger partial charge in [0.05, 0.1) is 23.1 Å². The van der Waals surface area contributed by atoms with Gasteiger partial charge >= 0.3 is 0 Å². The predicted molar refractivity (Wildman–Crippen MR) is 114 cm³/mol. The van der Waals surface area contributed by atoms with Crippen LogP contribution in [-0.2, 0) is 4.74 Å². The summed E-state index contributed by atoms with van der Waals surface area (Å²) in [6, 6.07) is 3.66. The van der Waals surface area contributed by atoms with Gasteiger partial charge in [0.2, 0.25) is 0 Å². The van der Waals surface area contributed by atoms with Crippen LogP contribution < -0.4 is 10.6 Å². The van der Waals surface area contributed by atoms with E-state index < -0.39 is 6.10 Å². The van der Waals surface area contributed by atoms with Gasteiger partial charge in [-0.1, -0.05) is 11.6 Å². The minimum atomic E-state index is -0.611. The molecule has 2 heterocycles. The molecule has 1 aromatic heterocycles. The Balaban J connectivity index is 1.94. The maximum absolute atomic E-state index is 10.3. The molecular formula is C19H33ClN4O2S. The second-order valence-electron chi connectivity index (χ2n) is 7.71. The molecule has 3 unspecified atom stereocenters. The van der Waals surface area contributed by atoms with Crippen molar-refractivity contribution in [2.45, 2.75) is 58.5 Å². The normalized spacial score (nSPS) is 23.3. The third kappa shape index (κ3) is 6.91. The molecule has 3 N–H and O–H groups in total. The van der Waals surface area contributed by atoms with Crippen molar-refractivity contribution >= 4 is 28.9 Å². The maximum atomic E-state index is 10.3. The van der Waals surface area contributed by atoms with Crippen LogP contribution in [0.2, 0.25) is 4.34 Å². The van der Waals surface area contributed by atoms with E-state index in [0.29, 0.717) is 23.4 Å². The van der Waals surface area contributed by atoms with E-state index in [1.807, 2.05) is 13.0 Å². The van der Waals surface area contributed by atoms with E-state index in [2.05, 4.69) is 43.2 Å². The summed E-state index contributed by atoms with van der Waals surface area (Å²) in [6.45, 7) is 14.3. The Hall–Kier alpha value is -0.860. The van der Waals surface area contributed by atoms with Crippen LogP contribution in [-0.4, -0.2) is 66.4 Å². The van der Waals surface area contributed by atoms with Crippen LogP contribution in [0.4, 0.5) is 0 Å². The number of nitrogens with one attached hydrogen (secondary N) is 2. The van der Waals surface area contributed by atoms with Gasteiger partial charge in [-0.05, 0) is 46.8 Å². The molecule has 0 amide bonds. The van der Waals surface area contributed by atoms with E-state index in [-0.39, 0.29) is 17.7 Å². The van der Waals surface area contributed by atoms with Crippen molar-refractivity contribution in [3.8, 4) is 0 Å². The van der Waals surface area contributed by atoms with Crippen LogP contribution in [0, 0.1) is 0 Å². The van der Waals surface area contributed by atoms with E-state index in [9.17, 15) is 5.11 Å². The Morgan fingerprint density at radius 3 is 2.59 bits per heavy atom. The van der Waals surface area contributed by atoms with Crippen LogP contribution in [0.3, 0.4) is 0 Å². The van der Waals surface area contributed by atoms with Gasteiger partial charge in [-0.15, -0.1) is 11.3 Å². The average Bonchev–Trinajstić information content (AvgIpc) is 3.03. The van der Waals surface area contributed by atoms with Gasteiger partial charge in [0, 0.05) is 36.6 Å². The molecule has 0 bridgehead atoms. The molecule has 27 heavy (non-hydrogen) atoms. The summed E-state index contributed by atoms with van der Waals surface area (Å²) >= 11 is 7.34. The minimum absolute atomic E-state index is 0.0749. The quantitative estimate of drug-likeness (QED) is 0.471. The number of ether oxygens (including phenoxy) is 1. The van der Waals surface area contributed by atoms with Crippen LogP contribution in [0.5, 0.6) is 0 Å². The summed E-state index contributed by atoms with van der Waals surface area (Å²) in [6.07, 6.45) is -0.146. The number of guanidine groups is 1. The first-order valence-corrected chi connectivity index (χ1v) is 10.8. The van der Waals surface area contributed by atoms with Crippen molar-refractivity contribution in [2.75, 3.05) is 32.7 Å². The third-order valence-electron chi connectivity index (χ3n) is 4.63. The lowest BCUT2D eigenvalue weighted by Gasteiger charge is -2.44. The van der Waals surface area contributed by atoms with Gasteiger partial charge in [-0.2, -0.15) is 0 Å². The monoisotopic (exact) mass is 416 g/mol.